The van der Waals surface area contributed by atoms with Crippen molar-refractivity contribution >= 4 is 33.6 Å². The van der Waals surface area contributed by atoms with E-state index in [-0.39, 0.29) is 16.8 Å². The van der Waals surface area contributed by atoms with Gasteiger partial charge in [0.2, 0.25) is 5.43 Å². The molecule has 3 heterocycles. The Morgan fingerprint density at radius 1 is 1.30 bits per heavy atom. The lowest BCUT2D eigenvalue weighted by atomic mass is 10.1. The van der Waals surface area contributed by atoms with Crippen molar-refractivity contribution in [3.05, 3.63) is 46.0 Å². The number of hydrogen-bond acceptors (Lipinski definition) is 5. The zero-order valence-corrected chi connectivity index (χ0v) is 14.8. The van der Waals surface area contributed by atoms with Crippen molar-refractivity contribution in [2.75, 3.05) is 31.1 Å². The average Bonchev–Trinajstić information content (AvgIpc) is 2.67. The van der Waals surface area contributed by atoms with Crippen molar-refractivity contribution < 1.29 is 14.3 Å². The van der Waals surface area contributed by atoms with Crippen LogP contribution in [0.1, 0.15) is 17.3 Å². The van der Waals surface area contributed by atoms with Gasteiger partial charge in [-0.15, -0.1) is 0 Å². The van der Waals surface area contributed by atoms with E-state index >= 15 is 0 Å². The van der Waals surface area contributed by atoms with Gasteiger partial charge in [0, 0.05) is 44.3 Å². The van der Waals surface area contributed by atoms with Gasteiger partial charge in [-0.05, 0) is 25.1 Å². The molecule has 1 fully saturated rings. The summed E-state index contributed by atoms with van der Waals surface area (Å²) in [6.07, 6.45) is 1.31. The fraction of sp³-hybridized carbons (Fsp3) is 0.316. The van der Waals surface area contributed by atoms with E-state index in [4.69, 9.17) is 0 Å². The minimum atomic E-state index is -1.29. The molecular weight excluding hydrogens is 351 g/mol. The summed E-state index contributed by atoms with van der Waals surface area (Å²) in [6.45, 7) is 5.29. The van der Waals surface area contributed by atoms with Crippen LogP contribution in [0.5, 0.6) is 0 Å². The molecule has 0 unspecified atom stereocenters. The zero-order chi connectivity index (χ0) is 19.1. The molecule has 8 heteroatoms. The molecule has 0 amide bonds. The van der Waals surface area contributed by atoms with Gasteiger partial charge in [-0.2, -0.15) is 0 Å². The summed E-state index contributed by atoms with van der Waals surface area (Å²) in [6, 6.07) is 4.59. The zero-order valence-electron chi connectivity index (χ0n) is 14.8. The first-order valence-corrected chi connectivity index (χ1v) is 8.86. The third-order valence-electron chi connectivity index (χ3n) is 4.94. The van der Waals surface area contributed by atoms with Crippen LogP contribution in [0.2, 0.25) is 0 Å². The number of nitrogens with one attached hydrogen (secondary N) is 1. The SMILES string of the molecule is CCn1cc(C(=O)O)c(=O)c2cc3cc(F)c(N4CCNCC4)cc3nc21. The molecule has 0 bridgehead atoms. The summed E-state index contributed by atoms with van der Waals surface area (Å²) in [4.78, 5) is 30.4. The number of anilines is 1. The summed E-state index contributed by atoms with van der Waals surface area (Å²) in [5.41, 5.74) is 0.537. The van der Waals surface area contributed by atoms with E-state index in [0.29, 0.717) is 41.9 Å². The maximum Gasteiger partial charge on any atom is 0.341 e. The lowest BCUT2D eigenvalue weighted by molar-refractivity contribution is 0.0695. The molecule has 7 nitrogen and oxygen atoms in total. The van der Waals surface area contributed by atoms with Crippen LogP contribution in [0.3, 0.4) is 0 Å². The van der Waals surface area contributed by atoms with E-state index < -0.39 is 11.4 Å². The third kappa shape index (κ3) is 2.91. The molecule has 3 aromatic rings. The second-order valence-corrected chi connectivity index (χ2v) is 6.56. The monoisotopic (exact) mass is 370 g/mol. The number of nitrogens with zero attached hydrogens (tertiary/aromatic N) is 3. The number of carboxylic acids is 1. The first kappa shape index (κ1) is 17.4. The van der Waals surface area contributed by atoms with Crippen molar-refractivity contribution in [3.8, 4) is 0 Å². The molecule has 4 rings (SSSR count). The number of pyridine rings is 2. The number of aromatic nitrogens is 2. The highest BCUT2D eigenvalue weighted by Crippen LogP contribution is 2.27. The predicted octanol–water partition coefficient (Wildman–Crippen LogP) is 1.82. The van der Waals surface area contributed by atoms with Crippen LogP contribution in [-0.4, -0.2) is 46.8 Å². The largest absolute Gasteiger partial charge is 0.477 e. The standard InChI is InChI=1S/C19H19FN4O3/c1-2-23-10-13(19(26)27)17(25)12-7-11-8-14(20)16(9-15(11)22-18(12)23)24-5-3-21-4-6-24/h7-10,21H,2-6H2,1H3,(H,26,27). The Labute approximate surface area is 154 Å². The van der Waals surface area contributed by atoms with Crippen LogP contribution in [0, 0.1) is 5.82 Å². The number of aryl methyl sites for hydroxylation is 1. The van der Waals surface area contributed by atoms with Crippen LogP contribution in [0.4, 0.5) is 10.1 Å². The maximum absolute atomic E-state index is 14.7. The van der Waals surface area contributed by atoms with Crippen LogP contribution in [0.25, 0.3) is 21.9 Å². The summed E-state index contributed by atoms with van der Waals surface area (Å²) in [7, 11) is 0. The quantitative estimate of drug-likeness (QED) is 0.684. The van der Waals surface area contributed by atoms with Crippen molar-refractivity contribution in [1.29, 1.82) is 0 Å². The van der Waals surface area contributed by atoms with Gasteiger partial charge >= 0.3 is 5.97 Å². The first-order valence-electron chi connectivity index (χ1n) is 8.86. The van der Waals surface area contributed by atoms with Crippen LogP contribution in [-0.2, 0) is 6.54 Å². The molecule has 0 aliphatic carbocycles. The van der Waals surface area contributed by atoms with E-state index in [0.717, 1.165) is 13.1 Å². The van der Waals surface area contributed by atoms with Gasteiger partial charge < -0.3 is 19.9 Å². The Hall–Kier alpha value is -3.00. The highest BCUT2D eigenvalue weighted by Gasteiger charge is 2.19. The number of carbonyl (C=O) groups is 1. The first-order chi connectivity index (χ1) is 13.0. The molecule has 0 spiro atoms. The smallest absolute Gasteiger partial charge is 0.341 e. The Kier molecular flexibility index (Phi) is 4.27. The van der Waals surface area contributed by atoms with E-state index in [1.807, 2.05) is 11.8 Å². The van der Waals surface area contributed by atoms with Gasteiger partial charge in [0.25, 0.3) is 0 Å². The van der Waals surface area contributed by atoms with Crippen molar-refractivity contribution in [2.45, 2.75) is 13.5 Å². The van der Waals surface area contributed by atoms with E-state index in [1.165, 1.54) is 18.3 Å². The lowest BCUT2D eigenvalue weighted by Crippen LogP contribution is -2.43. The molecule has 1 saturated heterocycles. The highest BCUT2D eigenvalue weighted by molar-refractivity contribution is 5.96. The normalized spacial score (nSPS) is 14.8. The van der Waals surface area contributed by atoms with Gasteiger partial charge in [0.15, 0.2) is 0 Å². The summed E-state index contributed by atoms with van der Waals surface area (Å²) < 4.78 is 16.3. The lowest BCUT2D eigenvalue weighted by Gasteiger charge is -2.29. The van der Waals surface area contributed by atoms with Gasteiger partial charge in [0.1, 0.15) is 17.0 Å². The van der Waals surface area contributed by atoms with E-state index in [9.17, 15) is 19.1 Å². The minimum Gasteiger partial charge on any atom is -0.477 e. The van der Waals surface area contributed by atoms with Crippen LogP contribution in [0.15, 0.2) is 29.2 Å². The number of carboxylic acid groups (broad SMARTS) is 1. The van der Waals surface area contributed by atoms with Crippen molar-refractivity contribution in [2.24, 2.45) is 0 Å². The Morgan fingerprint density at radius 3 is 2.70 bits per heavy atom. The Balaban J connectivity index is 1.98. The molecule has 2 aromatic heterocycles. The van der Waals surface area contributed by atoms with Crippen LogP contribution >= 0.6 is 0 Å². The van der Waals surface area contributed by atoms with Gasteiger partial charge in [-0.3, -0.25) is 4.79 Å². The molecule has 0 atom stereocenters. The van der Waals surface area contributed by atoms with Gasteiger partial charge in [0.05, 0.1) is 16.6 Å². The fourth-order valence-corrected chi connectivity index (χ4v) is 3.52. The molecule has 1 aromatic carbocycles. The van der Waals surface area contributed by atoms with Gasteiger partial charge in [-0.1, -0.05) is 0 Å². The molecule has 27 heavy (non-hydrogen) atoms. The number of rotatable bonds is 3. The average molecular weight is 370 g/mol. The molecular formula is C19H19FN4O3. The molecule has 0 radical (unpaired) electrons. The Morgan fingerprint density at radius 2 is 2.04 bits per heavy atom. The molecule has 140 valence electrons. The third-order valence-corrected chi connectivity index (χ3v) is 4.94. The minimum absolute atomic E-state index is 0.179. The second kappa shape index (κ2) is 6.62. The number of fused-ring (bicyclic) bond motifs is 2. The molecule has 1 aliphatic heterocycles. The summed E-state index contributed by atoms with van der Waals surface area (Å²) >= 11 is 0. The maximum atomic E-state index is 14.7. The molecule has 0 saturated carbocycles. The summed E-state index contributed by atoms with van der Waals surface area (Å²) in [5, 5.41) is 13.2. The van der Waals surface area contributed by atoms with Crippen molar-refractivity contribution in [1.82, 2.24) is 14.9 Å². The summed E-state index contributed by atoms with van der Waals surface area (Å²) in [5.74, 6) is -1.67. The fourth-order valence-electron chi connectivity index (χ4n) is 3.52. The topological polar surface area (TPSA) is 87.5 Å². The number of aromatic carboxylic acids is 1. The Bertz CT molecular complexity index is 1120. The highest BCUT2D eigenvalue weighted by atomic mass is 19.1. The number of benzene rings is 1. The number of halogens is 1. The van der Waals surface area contributed by atoms with E-state index in [2.05, 4.69) is 10.3 Å². The molecule has 2 N–H and O–H groups in total. The molecule has 1 aliphatic rings. The predicted molar refractivity (Wildman–Crippen MR) is 101 cm³/mol. The number of piperazine rings is 1. The second-order valence-electron chi connectivity index (χ2n) is 6.56. The van der Waals surface area contributed by atoms with Crippen molar-refractivity contribution in [3.63, 3.8) is 0 Å². The van der Waals surface area contributed by atoms with E-state index in [1.54, 1.807) is 10.6 Å². The van der Waals surface area contributed by atoms with Gasteiger partial charge in [-0.25, -0.2) is 14.2 Å². The number of hydrogen-bond donors (Lipinski definition) is 2. The van der Waals surface area contributed by atoms with Crippen LogP contribution < -0.4 is 15.6 Å².